The topological polar surface area (TPSA) is 54.0 Å². The number of anilines is 1. The predicted molar refractivity (Wildman–Crippen MR) is 90.6 cm³/mol. The summed E-state index contributed by atoms with van der Waals surface area (Å²) in [5, 5.41) is 6.20. The second-order valence-corrected chi connectivity index (χ2v) is 6.75. The van der Waals surface area contributed by atoms with Gasteiger partial charge in [-0.15, -0.1) is 0 Å². The summed E-state index contributed by atoms with van der Waals surface area (Å²) >= 11 is 5.19. The first kappa shape index (κ1) is 17.3. The van der Waals surface area contributed by atoms with E-state index in [0.717, 1.165) is 28.9 Å². The van der Waals surface area contributed by atoms with E-state index < -0.39 is 0 Å². The van der Waals surface area contributed by atoms with Crippen molar-refractivity contribution >= 4 is 39.4 Å². The maximum Gasteiger partial charge on any atom is 0.255 e. The molecule has 0 saturated heterocycles. The zero-order chi connectivity index (χ0) is 15.0. The van der Waals surface area contributed by atoms with Crippen LogP contribution in [0.25, 0.3) is 0 Å². The van der Waals surface area contributed by atoms with Crippen molar-refractivity contribution in [2.75, 3.05) is 23.4 Å². The fraction of sp³-hybridized carbons (Fsp3) is 0.571. The van der Waals surface area contributed by atoms with E-state index in [1.807, 2.05) is 18.7 Å². The molecule has 1 atom stereocenters. The Hall–Kier alpha value is -0.750. The van der Waals surface area contributed by atoms with Crippen molar-refractivity contribution < 1.29 is 4.79 Å². The van der Waals surface area contributed by atoms with Gasteiger partial charge in [0.15, 0.2) is 0 Å². The van der Waals surface area contributed by atoms with Crippen LogP contribution >= 0.6 is 27.7 Å². The highest BCUT2D eigenvalue weighted by atomic mass is 79.9. The van der Waals surface area contributed by atoms with Crippen LogP contribution in [0.15, 0.2) is 16.7 Å². The molecule has 1 rings (SSSR count). The molecule has 0 fully saturated rings. The molecular weight excluding hydrogens is 338 g/mol. The summed E-state index contributed by atoms with van der Waals surface area (Å²) in [6.07, 6.45) is 2.69. The molecule has 1 unspecified atom stereocenters. The minimum absolute atomic E-state index is 0.0818. The molecule has 4 nitrogen and oxygen atoms in total. The minimum Gasteiger partial charge on any atom is -0.369 e. The summed E-state index contributed by atoms with van der Waals surface area (Å²) in [6, 6.07) is 1.95. The van der Waals surface area contributed by atoms with Crippen molar-refractivity contribution in [3.8, 4) is 0 Å². The van der Waals surface area contributed by atoms with Crippen LogP contribution in [-0.4, -0.2) is 35.0 Å². The van der Waals surface area contributed by atoms with Gasteiger partial charge in [0.1, 0.15) is 5.82 Å². The van der Waals surface area contributed by atoms with Gasteiger partial charge in [-0.05, 0) is 41.1 Å². The third-order valence-corrected chi connectivity index (χ3v) is 4.17. The Balaban J connectivity index is 2.76. The molecule has 1 aromatic rings. The summed E-state index contributed by atoms with van der Waals surface area (Å²) in [6.45, 7) is 7.02. The van der Waals surface area contributed by atoms with Crippen molar-refractivity contribution in [2.24, 2.45) is 0 Å². The molecule has 20 heavy (non-hydrogen) atoms. The van der Waals surface area contributed by atoms with Crippen LogP contribution < -0.4 is 10.6 Å². The number of thioether (sulfide) groups is 1. The Kier molecular flexibility index (Phi) is 7.99. The lowest BCUT2D eigenvalue weighted by Gasteiger charge is -2.15. The predicted octanol–water partition coefficient (Wildman–Crippen LogP) is 3.54. The van der Waals surface area contributed by atoms with E-state index in [1.165, 1.54) is 0 Å². The molecule has 112 valence electrons. The van der Waals surface area contributed by atoms with Crippen LogP contribution in [0.3, 0.4) is 0 Å². The van der Waals surface area contributed by atoms with Gasteiger partial charge in [-0.25, -0.2) is 4.98 Å². The summed E-state index contributed by atoms with van der Waals surface area (Å²) in [7, 11) is 0. The Morgan fingerprint density at radius 3 is 2.90 bits per heavy atom. The molecule has 2 N–H and O–H groups in total. The van der Waals surface area contributed by atoms with E-state index in [-0.39, 0.29) is 11.9 Å². The number of halogens is 1. The first-order valence-corrected chi connectivity index (χ1v) is 8.81. The van der Waals surface area contributed by atoms with Crippen molar-refractivity contribution in [3.05, 3.63) is 22.3 Å². The Labute approximate surface area is 133 Å². The van der Waals surface area contributed by atoms with E-state index in [9.17, 15) is 4.79 Å². The van der Waals surface area contributed by atoms with E-state index in [1.54, 1.807) is 12.3 Å². The van der Waals surface area contributed by atoms with Gasteiger partial charge in [0.2, 0.25) is 0 Å². The summed E-state index contributed by atoms with van der Waals surface area (Å²) < 4.78 is 0.806. The van der Waals surface area contributed by atoms with E-state index in [0.29, 0.717) is 11.4 Å². The fourth-order valence-corrected chi connectivity index (χ4v) is 2.64. The zero-order valence-electron chi connectivity index (χ0n) is 12.2. The van der Waals surface area contributed by atoms with Crippen molar-refractivity contribution in [3.63, 3.8) is 0 Å². The van der Waals surface area contributed by atoms with Crippen molar-refractivity contribution in [1.29, 1.82) is 0 Å². The van der Waals surface area contributed by atoms with Gasteiger partial charge in [-0.3, -0.25) is 4.79 Å². The van der Waals surface area contributed by atoms with Gasteiger partial charge in [-0.1, -0.05) is 13.8 Å². The number of hydrogen-bond donors (Lipinski definition) is 2. The second kappa shape index (κ2) is 9.23. The average molecular weight is 360 g/mol. The van der Waals surface area contributed by atoms with Crippen LogP contribution in [0, 0.1) is 0 Å². The summed E-state index contributed by atoms with van der Waals surface area (Å²) in [5.74, 6) is 2.54. The molecule has 0 radical (unpaired) electrons. The Morgan fingerprint density at radius 2 is 2.25 bits per heavy atom. The lowest BCUT2D eigenvalue weighted by Crippen LogP contribution is -2.35. The molecule has 1 aromatic heterocycles. The number of rotatable bonds is 8. The standard InChI is InChI=1S/C14H22BrN3OS/c1-4-6-16-13-12(7-11(15)8-17-13)14(19)18-10(3)9-20-5-2/h7-8,10H,4-6,9H2,1-3H3,(H,16,17)(H,18,19). The highest BCUT2D eigenvalue weighted by molar-refractivity contribution is 9.10. The van der Waals surface area contributed by atoms with Crippen LogP contribution in [0.5, 0.6) is 0 Å². The Morgan fingerprint density at radius 1 is 1.50 bits per heavy atom. The van der Waals surface area contributed by atoms with E-state index >= 15 is 0 Å². The SMILES string of the molecule is CCCNc1ncc(Br)cc1C(=O)NC(C)CSCC. The quantitative estimate of drug-likeness (QED) is 0.745. The van der Waals surface area contributed by atoms with Crippen LogP contribution in [0.4, 0.5) is 5.82 Å². The van der Waals surface area contributed by atoms with Gasteiger partial charge >= 0.3 is 0 Å². The van der Waals surface area contributed by atoms with E-state index in [4.69, 9.17) is 0 Å². The summed E-state index contributed by atoms with van der Waals surface area (Å²) in [5.41, 5.74) is 0.584. The lowest BCUT2D eigenvalue weighted by atomic mass is 10.2. The molecule has 0 aliphatic rings. The first-order valence-electron chi connectivity index (χ1n) is 6.86. The Bertz CT molecular complexity index is 442. The second-order valence-electron chi connectivity index (χ2n) is 4.51. The summed E-state index contributed by atoms with van der Waals surface area (Å²) in [4.78, 5) is 16.6. The van der Waals surface area contributed by atoms with Gasteiger partial charge in [-0.2, -0.15) is 11.8 Å². The number of amides is 1. The molecular formula is C14H22BrN3OS. The minimum atomic E-state index is -0.0818. The van der Waals surface area contributed by atoms with Gasteiger partial charge in [0, 0.05) is 29.0 Å². The van der Waals surface area contributed by atoms with Crippen molar-refractivity contribution in [2.45, 2.75) is 33.2 Å². The normalized spacial score (nSPS) is 12.0. The first-order chi connectivity index (χ1) is 9.58. The number of nitrogens with zero attached hydrogens (tertiary/aromatic N) is 1. The molecule has 0 saturated carbocycles. The van der Waals surface area contributed by atoms with Gasteiger partial charge in [0.25, 0.3) is 5.91 Å². The number of aromatic nitrogens is 1. The van der Waals surface area contributed by atoms with Gasteiger partial charge < -0.3 is 10.6 Å². The highest BCUT2D eigenvalue weighted by Crippen LogP contribution is 2.18. The van der Waals surface area contributed by atoms with E-state index in [2.05, 4.69) is 45.4 Å². The number of carbonyl (C=O) groups excluding carboxylic acids is 1. The molecule has 0 bridgehead atoms. The van der Waals surface area contributed by atoms with Crippen molar-refractivity contribution in [1.82, 2.24) is 10.3 Å². The largest absolute Gasteiger partial charge is 0.369 e. The monoisotopic (exact) mass is 359 g/mol. The maximum atomic E-state index is 12.3. The number of pyridine rings is 1. The molecule has 0 aliphatic carbocycles. The van der Waals surface area contributed by atoms with Crippen LogP contribution in [0.2, 0.25) is 0 Å². The van der Waals surface area contributed by atoms with Crippen LogP contribution in [0.1, 0.15) is 37.6 Å². The fourth-order valence-electron chi connectivity index (χ4n) is 1.63. The number of carbonyl (C=O) groups is 1. The third-order valence-electron chi connectivity index (χ3n) is 2.59. The average Bonchev–Trinajstić information content (AvgIpc) is 2.43. The highest BCUT2D eigenvalue weighted by Gasteiger charge is 2.15. The molecule has 6 heteroatoms. The molecule has 1 heterocycles. The number of nitrogens with one attached hydrogen (secondary N) is 2. The zero-order valence-corrected chi connectivity index (χ0v) is 14.6. The molecule has 0 spiro atoms. The molecule has 1 amide bonds. The lowest BCUT2D eigenvalue weighted by molar-refractivity contribution is 0.0944. The molecule has 0 aliphatic heterocycles. The molecule has 0 aromatic carbocycles. The number of hydrogen-bond acceptors (Lipinski definition) is 4. The maximum absolute atomic E-state index is 12.3. The van der Waals surface area contributed by atoms with Gasteiger partial charge in [0.05, 0.1) is 5.56 Å². The smallest absolute Gasteiger partial charge is 0.255 e. The third kappa shape index (κ3) is 5.71. The van der Waals surface area contributed by atoms with Crippen LogP contribution in [-0.2, 0) is 0 Å².